The van der Waals surface area contributed by atoms with Crippen LogP contribution in [0.3, 0.4) is 0 Å². The number of likely N-dealkylation sites (tertiary alicyclic amines) is 1. The van der Waals surface area contributed by atoms with Crippen LogP contribution in [0.4, 0.5) is 0 Å². The van der Waals surface area contributed by atoms with Crippen LogP contribution in [-0.2, 0) is 6.54 Å². The van der Waals surface area contributed by atoms with Gasteiger partial charge < -0.3 is 14.2 Å². The molecule has 2 aliphatic rings. The number of amides is 1. The first kappa shape index (κ1) is 17.7. The number of pyridine rings is 1. The number of benzene rings is 1. The van der Waals surface area contributed by atoms with Crippen molar-refractivity contribution in [1.29, 1.82) is 0 Å². The SMILES string of the molecule is COc1ccc(-c2cc(C(=O)N3CC4CC(C3)c3cccc(=O)n3C4)[nH]n2)cc1. The van der Waals surface area contributed by atoms with E-state index in [9.17, 15) is 9.59 Å². The molecule has 1 aromatic carbocycles. The summed E-state index contributed by atoms with van der Waals surface area (Å²) in [5, 5.41) is 7.22. The van der Waals surface area contributed by atoms with Crippen LogP contribution >= 0.6 is 0 Å². The van der Waals surface area contributed by atoms with Gasteiger partial charge in [-0.1, -0.05) is 6.07 Å². The van der Waals surface area contributed by atoms with Crippen LogP contribution in [-0.4, -0.2) is 45.8 Å². The molecule has 7 nitrogen and oxygen atoms in total. The Bertz CT molecular complexity index is 1120. The normalized spacial score (nSPS) is 20.2. The number of rotatable bonds is 3. The lowest BCUT2D eigenvalue weighted by Crippen LogP contribution is -2.49. The minimum Gasteiger partial charge on any atom is -0.497 e. The van der Waals surface area contributed by atoms with Gasteiger partial charge in [0, 0.05) is 42.9 Å². The lowest BCUT2D eigenvalue weighted by atomic mass is 9.83. The fourth-order valence-corrected chi connectivity index (χ4v) is 4.57. The van der Waals surface area contributed by atoms with E-state index in [0.29, 0.717) is 31.2 Å². The van der Waals surface area contributed by atoms with Crippen molar-refractivity contribution in [3.05, 3.63) is 70.3 Å². The molecule has 0 spiro atoms. The number of fused-ring (bicyclic) bond motifs is 4. The van der Waals surface area contributed by atoms with Gasteiger partial charge >= 0.3 is 0 Å². The van der Waals surface area contributed by atoms with Gasteiger partial charge in [-0.3, -0.25) is 14.7 Å². The molecule has 1 saturated heterocycles. The maximum absolute atomic E-state index is 13.1. The first-order valence-corrected chi connectivity index (χ1v) is 9.81. The van der Waals surface area contributed by atoms with Crippen LogP contribution in [0, 0.1) is 5.92 Å². The number of ether oxygens (including phenoxy) is 1. The highest BCUT2D eigenvalue weighted by atomic mass is 16.5. The van der Waals surface area contributed by atoms with Gasteiger partial charge in [0.2, 0.25) is 0 Å². The number of nitrogens with zero attached hydrogens (tertiary/aromatic N) is 3. The van der Waals surface area contributed by atoms with Gasteiger partial charge in [0.1, 0.15) is 11.4 Å². The molecule has 0 aliphatic carbocycles. The molecule has 1 amide bonds. The van der Waals surface area contributed by atoms with E-state index >= 15 is 0 Å². The number of carbonyl (C=O) groups is 1. The molecular weight excluding hydrogens is 368 g/mol. The van der Waals surface area contributed by atoms with Gasteiger partial charge in [-0.25, -0.2) is 0 Å². The van der Waals surface area contributed by atoms with E-state index in [1.54, 1.807) is 19.2 Å². The average molecular weight is 390 g/mol. The quantitative estimate of drug-likeness (QED) is 0.745. The maximum atomic E-state index is 13.1. The molecular formula is C22H22N4O3. The van der Waals surface area contributed by atoms with E-state index in [2.05, 4.69) is 10.2 Å². The Balaban J connectivity index is 1.37. The number of H-pyrrole nitrogens is 1. The Morgan fingerprint density at radius 1 is 1.14 bits per heavy atom. The van der Waals surface area contributed by atoms with Crippen LogP contribution < -0.4 is 10.3 Å². The molecule has 2 aliphatic heterocycles. The summed E-state index contributed by atoms with van der Waals surface area (Å²) < 4.78 is 7.06. The zero-order valence-electron chi connectivity index (χ0n) is 16.2. The maximum Gasteiger partial charge on any atom is 0.271 e. The summed E-state index contributed by atoms with van der Waals surface area (Å²) in [6, 6.07) is 14.8. The van der Waals surface area contributed by atoms with Gasteiger partial charge in [0.25, 0.3) is 11.5 Å². The van der Waals surface area contributed by atoms with Gasteiger partial charge in [0.15, 0.2) is 0 Å². The van der Waals surface area contributed by atoms with Gasteiger partial charge in [-0.2, -0.15) is 5.10 Å². The molecule has 2 unspecified atom stereocenters. The smallest absolute Gasteiger partial charge is 0.271 e. The second-order valence-electron chi connectivity index (χ2n) is 7.80. The van der Waals surface area contributed by atoms with Gasteiger partial charge in [0.05, 0.1) is 12.8 Å². The molecule has 7 heteroatoms. The molecule has 2 bridgehead atoms. The Labute approximate surface area is 167 Å². The first-order chi connectivity index (χ1) is 14.1. The summed E-state index contributed by atoms with van der Waals surface area (Å²) in [6.07, 6.45) is 1.02. The van der Waals surface area contributed by atoms with E-state index < -0.39 is 0 Å². The van der Waals surface area contributed by atoms with Crippen molar-refractivity contribution in [2.75, 3.05) is 20.2 Å². The minimum absolute atomic E-state index is 0.0429. The monoisotopic (exact) mass is 390 g/mol. The third-order valence-corrected chi connectivity index (χ3v) is 5.96. The topological polar surface area (TPSA) is 80.2 Å². The molecule has 4 heterocycles. The zero-order valence-corrected chi connectivity index (χ0v) is 16.2. The number of methoxy groups -OCH3 is 1. The number of hydrogen-bond acceptors (Lipinski definition) is 4. The highest BCUT2D eigenvalue weighted by Gasteiger charge is 2.36. The van der Waals surface area contributed by atoms with Crippen LogP contribution in [0.25, 0.3) is 11.3 Å². The van der Waals surface area contributed by atoms with Crippen LogP contribution in [0.15, 0.2) is 53.3 Å². The molecule has 2 aromatic heterocycles. The van der Waals surface area contributed by atoms with Crippen molar-refractivity contribution in [3.63, 3.8) is 0 Å². The number of aromatic nitrogens is 3. The molecule has 2 atom stereocenters. The molecule has 5 rings (SSSR count). The summed E-state index contributed by atoms with van der Waals surface area (Å²) in [7, 11) is 1.63. The third-order valence-electron chi connectivity index (χ3n) is 5.96. The second kappa shape index (κ2) is 6.92. The summed E-state index contributed by atoms with van der Waals surface area (Å²) >= 11 is 0. The molecule has 1 N–H and O–H groups in total. The standard InChI is InChI=1S/C22H22N4O3/c1-29-17-7-5-15(6-8-17)18-10-19(24-23-18)22(28)25-11-14-9-16(13-25)20-3-2-4-21(27)26(20)12-14/h2-8,10,14,16H,9,11-13H2,1H3,(H,23,24). The molecule has 1 fully saturated rings. The first-order valence-electron chi connectivity index (χ1n) is 9.81. The van der Waals surface area contributed by atoms with E-state index in [4.69, 9.17) is 4.74 Å². The van der Waals surface area contributed by atoms with Crippen molar-refractivity contribution in [2.45, 2.75) is 18.9 Å². The van der Waals surface area contributed by atoms with E-state index in [1.165, 1.54) is 0 Å². The fraction of sp³-hybridized carbons (Fsp3) is 0.318. The van der Waals surface area contributed by atoms with Crippen molar-refractivity contribution in [2.24, 2.45) is 5.92 Å². The van der Waals surface area contributed by atoms with Crippen LogP contribution in [0.2, 0.25) is 0 Å². The summed E-state index contributed by atoms with van der Waals surface area (Å²) in [5.74, 6) is 1.23. The number of hydrogen-bond donors (Lipinski definition) is 1. The van der Waals surface area contributed by atoms with Crippen molar-refractivity contribution in [1.82, 2.24) is 19.7 Å². The van der Waals surface area contributed by atoms with Gasteiger partial charge in [-0.05, 0) is 48.7 Å². The van der Waals surface area contributed by atoms with Gasteiger partial charge in [-0.15, -0.1) is 0 Å². The van der Waals surface area contributed by atoms with Crippen molar-refractivity contribution < 1.29 is 9.53 Å². The Morgan fingerprint density at radius 3 is 2.76 bits per heavy atom. The summed E-state index contributed by atoms with van der Waals surface area (Å²) in [5.41, 5.74) is 3.22. The van der Waals surface area contributed by atoms with Crippen LogP contribution in [0.1, 0.15) is 28.5 Å². The van der Waals surface area contributed by atoms with Crippen molar-refractivity contribution >= 4 is 5.91 Å². The molecule has 0 saturated carbocycles. The third kappa shape index (κ3) is 3.12. The van der Waals surface area contributed by atoms with Crippen molar-refractivity contribution in [3.8, 4) is 17.0 Å². The predicted molar refractivity (Wildman–Crippen MR) is 108 cm³/mol. The molecule has 29 heavy (non-hydrogen) atoms. The number of piperidine rings is 1. The minimum atomic E-state index is -0.0429. The summed E-state index contributed by atoms with van der Waals surface area (Å²) in [6.45, 7) is 1.96. The fourth-order valence-electron chi connectivity index (χ4n) is 4.57. The molecule has 148 valence electrons. The van der Waals surface area contributed by atoms with E-state index in [-0.39, 0.29) is 17.4 Å². The molecule has 0 radical (unpaired) electrons. The lowest BCUT2D eigenvalue weighted by molar-refractivity contribution is 0.0588. The predicted octanol–water partition coefficient (Wildman–Crippen LogP) is 2.51. The van der Waals surface area contributed by atoms with E-state index in [1.807, 2.05) is 45.9 Å². The Morgan fingerprint density at radius 2 is 1.97 bits per heavy atom. The van der Waals surface area contributed by atoms with Crippen LogP contribution in [0.5, 0.6) is 5.75 Å². The second-order valence-corrected chi connectivity index (χ2v) is 7.80. The van der Waals surface area contributed by atoms with E-state index in [0.717, 1.165) is 29.1 Å². The number of carbonyl (C=O) groups excluding carboxylic acids is 1. The lowest BCUT2D eigenvalue weighted by Gasteiger charge is -2.42. The Hall–Kier alpha value is -3.35. The Kier molecular flexibility index (Phi) is 4.23. The zero-order chi connectivity index (χ0) is 20.0. The highest BCUT2D eigenvalue weighted by molar-refractivity contribution is 5.93. The summed E-state index contributed by atoms with van der Waals surface area (Å²) in [4.78, 5) is 27.2. The number of nitrogens with one attached hydrogen (secondary N) is 1. The largest absolute Gasteiger partial charge is 0.497 e. The average Bonchev–Trinajstić information content (AvgIpc) is 3.24. The number of aromatic amines is 1. The molecule has 3 aromatic rings. The highest BCUT2D eigenvalue weighted by Crippen LogP contribution is 2.35.